The van der Waals surface area contributed by atoms with Crippen LogP contribution in [0.25, 0.3) is 0 Å². The van der Waals surface area contributed by atoms with Crippen LogP contribution in [0.15, 0.2) is 0 Å². The van der Waals surface area contributed by atoms with Crippen LogP contribution in [0.5, 0.6) is 0 Å². The van der Waals surface area contributed by atoms with E-state index in [9.17, 15) is 13.2 Å². The Morgan fingerprint density at radius 1 is 1.31 bits per heavy atom. The van der Waals surface area contributed by atoms with E-state index in [-0.39, 0.29) is 0 Å². The summed E-state index contributed by atoms with van der Waals surface area (Å²) in [5.41, 5.74) is 5.12. The monoisotopic (exact) mass is 256 g/mol. The molecule has 0 rings (SSSR count). The van der Waals surface area contributed by atoms with Crippen molar-refractivity contribution < 1.29 is 13.2 Å². The Balaban J connectivity index is 4.21. The number of hydrogen-bond donors (Lipinski definition) is 1. The van der Waals surface area contributed by atoms with Crippen molar-refractivity contribution in [2.24, 2.45) is 11.1 Å². The molecule has 0 spiro atoms. The Labute approximate surface area is 100.0 Å². The molecule has 96 valence electrons. The second-order valence-electron chi connectivity index (χ2n) is 4.48. The second-order valence-corrected chi connectivity index (χ2v) is 4.92. The topological polar surface area (TPSA) is 29.3 Å². The van der Waals surface area contributed by atoms with E-state index in [1.165, 1.54) is 4.90 Å². The molecule has 16 heavy (non-hydrogen) atoms. The van der Waals surface area contributed by atoms with Crippen LogP contribution >= 0.6 is 12.2 Å². The van der Waals surface area contributed by atoms with E-state index in [0.29, 0.717) is 24.5 Å². The summed E-state index contributed by atoms with van der Waals surface area (Å²) in [6.45, 7) is 5.23. The van der Waals surface area contributed by atoms with E-state index in [4.69, 9.17) is 18.0 Å². The van der Waals surface area contributed by atoms with Crippen molar-refractivity contribution in [3.8, 4) is 0 Å². The van der Waals surface area contributed by atoms with Gasteiger partial charge in [0.25, 0.3) is 0 Å². The standard InChI is InChI=1S/C10H19F3N2S/c1-4-15(7-10(11,12)13)6-5-9(2,3)8(14)16/h4-7H2,1-3H3,(H2,14,16). The Morgan fingerprint density at radius 2 is 1.81 bits per heavy atom. The zero-order valence-corrected chi connectivity index (χ0v) is 10.7. The van der Waals surface area contributed by atoms with Gasteiger partial charge in [0.15, 0.2) is 0 Å². The molecule has 0 bridgehead atoms. The average molecular weight is 256 g/mol. The molecule has 0 aromatic carbocycles. The van der Waals surface area contributed by atoms with Crippen molar-refractivity contribution in [2.45, 2.75) is 33.4 Å². The molecule has 0 aliphatic heterocycles. The molecule has 6 heteroatoms. The number of halogens is 3. The molecule has 0 aromatic rings. The number of rotatable bonds is 6. The first-order valence-electron chi connectivity index (χ1n) is 5.17. The molecule has 0 radical (unpaired) electrons. The SMILES string of the molecule is CCN(CCC(C)(C)C(N)=S)CC(F)(F)F. The molecule has 0 saturated heterocycles. The van der Waals surface area contributed by atoms with Crippen LogP contribution in [0.3, 0.4) is 0 Å². The first-order valence-corrected chi connectivity index (χ1v) is 5.58. The molecule has 0 amide bonds. The maximum Gasteiger partial charge on any atom is 0.401 e. The highest BCUT2D eigenvalue weighted by molar-refractivity contribution is 7.80. The Bertz CT molecular complexity index is 239. The first kappa shape index (κ1) is 15.6. The van der Waals surface area contributed by atoms with Crippen molar-refractivity contribution in [3.05, 3.63) is 0 Å². The van der Waals surface area contributed by atoms with E-state index in [0.717, 1.165) is 0 Å². The summed E-state index contributed by atoms with van der Waals surface area (Å²) in [4.78, 5) is 1.69. The van der Waals surface area contributed by atoms with Crippen molar-refractivity contribution >= 4 is 17.2 Å². The molecule has 0 aliphatic carbocycles. The van der Waals surface area contributed by atoms with Crippen molar-refractivity contribution in [1.82, 2.24) is 4.90 Å². The molecule has 0 fully saturated rings. The smallest absolute Gasteiger partial charge is 0.393 e. The average Bonchev–Trinajstić information content (AvgIpc) is 2.10. The predicted molar refractivity (Wildman–Crippen MR) is 63.4 cm³/mol. The maximum absolute atomic E-state index is 12.2. The molecular formula is C10H19F3N2S. The normalized spacial score (nSPS) is 13.2. The van der Waals surface area contributed by atoms with Gasteiger partial charge in [0.1, 0.15) is 0 Å². The van der Waals surface area contributed by atoms with Crippen LogP contribution < -0.4 is 5.73 Å². The highest BCUT2D eigenvalue weighted by Gasteiger charge is 2.31. The molecule has 0 heterocycles. The number of thiocarbonyl (C=S) groups is 1. The Kier molecular flexibility index (Phi) is 5.69. The van der Waals surface area contributed by atoms with Gasteiger partial charge in [-0.1, -0.05) is 33.0 Å². The molecule has 0 aromatic heterocycles. The molecule has 2 N–H and O–H groups in total. The lowest BCUT2D eigenvalue weighted by Crippen LogP contribution is -2.38. The van der Waals surface area contributed by atoms with Gasteiger partial charge in [0, 0.05) is 5.41 Å². The van der Waals surface area contributed by atoms with Crippen molar-refractivity contribution in [1.29, 1.82) is 0 Å². The lowest BCUT2D eigenvalue weighted by molar-refractivity contribution is -0.145. The van der Waals surface area contributed by atoms with Gasteiger partial charge in [-0.3, -0.25) is 4.90 Å². The molecule has 0 atom stereocenters. The van der Waals surface area contributed by atoms with Crippen LogP contribution in [-0.4, -0.2) is 35.7 Å². The third-order valence-electron chi connectivity index (χ3n) is 2.57. The Hall–Kier alpha value is -0.360. The van der Waals surface area contributed by atoms with Crippen LogP contribution in [0, 0.1) is 5.41 Å². The van der Waals surface area contributed by atoms with E-state index in [1.54, 1.807) is 6.92 Å². The minimum Gasteiger partial charge on any atom is -0.393 e. The highest BCUT2D eigenvalue weighted by atomic mass is 32.1. The van der Waals surface area contributed by atoms with Crippen LogP contribution in [-0.2, 0) is 0 Å². The van der Waals surface area contributed by atoms with Gasteiger partial charge in [-0.05, 0) is 19.5 Å². The number of hydrogen-bond acceptors (Lipinski definition) is 2. The third kappa shape index (κ3) is 6.27. The maximum atomic E-state index is 12.2. The highest BCUT2D eigenvalue weighted by Crippen LogP contribution is 2.22. The zero-order chi connectivity index (χ0) is 13.0. The lowest BCUT2D eigenvalue weighted by Gasteiger charge is -2.28. The summed E-state index contributed by atoms with van der Waals surface area (Å²) in [5, 5.41) is 0. The number of alkyl halides is 3. The van der Waals surface area contributed by atoms with Crippen LogP contribution in [0.4, 0.5) is 13.2 Å². The van der Waals surface area contributed by atoms with E-state index in [1.807, 2.05) is 13.8 Å². The minimum atomic E-state index is -4.15. The summed E-state index contributed by atoms with van der Waals surface area (Å²) in [6.07, 6.45) is -3.62. The quantitative estimate of drug-likeness (QED) is 0.741. The summed E-state index contributed by atoms with van der Waals surface area (Å²) < 4.78 is 36.5. The van der Waals surface area contributed by atoms with Crippen molar-refractivity contribution in [3.63, 3.8) is 0 Å². The van der Waals surface area contributed by atoms with E-state index in [2.05, 4.69) is 0 Å². The van der Waals surface area contributed by atoms with Crippen LogP contribution in [0.2, 0.25) is 0 Å². The largest absolute Gasteiger partial charge is 0.401 e. The van der Waals surface area contributed by atoms with Gasteiger partial charge in [-0.15, -0.1) is 0 Å². The predicted octanol–water partition coefficient (Wildman–Crippen LogP) is 2.57. The number of nitrogens with zero attached hydrogens (tertiary/aromatic N) is 1. The van der Waals surface area contributed by atoms with Gasteiger partial charge in [0.2, 0.25) is 0 Å². The fourth-order valence-electron chi connectivity index (χ4n) is 1.16. The van der Waals surface area contributed by atoms with E-state index >= 15 is 0 Å². The minimum absolute atomic E-state index is 0.343. The van der Waals surface area contributed by atoms with Gasteiger partial charge < -0.3 is 5.73 Å². The van der Waals surface area contributed by atoms with Crippen molar-refractivity contribution in [2.75, 3.05) is 19.6 Å². The van der Waals surface area contributed by atoms with E-state index < -0.39 is 18.1 Å². The summed E-state index contributed by atoms with van der Waals surface area (Å²) in [6, 6.07) is 0. The molecule has 0 unspecified atom stereocenters. The van der Waals surface area contributed by atoms with Crippen LogP contribution in [0.1, 0.15) is 27.2 Å². The van der Waals surface area contributed by atoms with Gasteiger partial charge in [-0.2, -0.15) is 13.2 Å². The second kappa shape index (κ2) is 5.82. The third-order valence-corrected chi connectivity index (χ3v) is 3.12. The van der Waals surface area contributed by atoms with Gasteiger partial charge in [0.05, 0.1) is 11.5 Å². The fraction of sp³-hybridized carbons (Fsp3) is 0.900. The molecule has 0 saturated carbocycles. The summed E-state index contributed by atoms with van der Waals surface area (Å²) in [5.74, 6) is 0. The number of nitrogens with two attached hydrogens (primary N) is 1. The Morgan fingerprint density at radius 3 is 2.12 bits per heavy atom. The molecule has 2 nitrogen and oxygen atoms in total. The first-order chi connectivity index (χ1) is 7.08. The summed E-state index contributed by atoms with van der Waals surface area (Å²) in [7, 11) is 0. The fourth-order valence-corrected chi connectivity index (χ4v) is 1.27. The lowest BCUT2D eigenvalue weighted by atomic mass is 9.89. The molecular weight excluding hydrogens is 237 g/mol. The van der Waals surface area contributed by atoms with Gasteiger partial charge >= 0.3 is 6.18 Å². The zero-order valence-electron chi connectivity index (χ0n) is 9.90. The summed E-state index contributed by atoms with van der Waals surface area (Å²) >= 11 is 4.87. The van der Waals surface area contributed by atoms with Gasteiger partial charge in [-0.25, -0.2) is 0 Å². The molecule has 0 aliphatic rings.